The van der Waals surface area contributed by atoms with Crippen molar-refractivity contribution in [3.8, 4) is 0 Å². The molecule has 1 aromatic heterocycles. The Morgan fingerprint density at radius 1 is 1.43 bits per heavy atom. The minimum atomic E-state index is -0.278. The lowest BCUT2D eigenvalue weighted by Crippen LogP contribution is -2.42. The molecule has 122 valence electrons. The van der Waals surface area contributed by atoms with E-state index in [2.05, 4.69) is 17.1 Å². The van der Waals surface area contributed by atoms with E-state index in [4.69, 9.17) is 4.74 Å². The number of nitrogens with one attached hydrogen (secondary N) is 1. The van der Waals surface area contributed by atoms with E-state index in [0.717, 1.165) is 24.1 Å². The van der Waals surface area contributed by atoms with Crippen LogP contribution in [0.25, 0.3) is 0 Å². The molecule has 1 atom stereocenters. The van der Waals surface area contributed by atoms with Crippen molar-refractivity contribution in [3.63, 3.8) is 0 Å². The maximum atomic E-state index is 13.0. The summed E-state index contributed by atoms with van der Waals surface area (Å²) in [6.45, 7) is 3.54. The minimum absolute atomic E-state index is 0.0300. The first-order valence-corrected chi connectivity index (χ1v) is 7.87. The fourth-order valence-electron chi connectivity index (χ4n) is 2.82. The van der Waals surface area contributed by atoms with Crippen molar-refractivity contribution in [2.45, 2.75) is 25.9 Å². The van der Waals surface area contributed by atoms with Crippen LogP contribution in [0.1, 0.15) is 41.1 Å². The number of morpholine rings is 1. The van der Waals surface area contributed by atoms with Gasteiger partial charge in [-0.2, -0.15) is 5.10 Å². The number of rotatable bonds is 4. The van der Waals surface area contributed by atoms with Gasteiger partial charge in [0.2, 0.25) is 0 Å². The van der Waals surface area contributed by atoms with E-state index in [1.807, 2.05) is 0 Å². The van der Waals surface area contributed by atoms with Crippen LogP contribution in [0.4, 0.5) is 4.39 Å². The predicted molar refractivity (Wildman–Crippen MR) is 83.6 cm³/mol. The topological polar surface area (TPSA) is 58.2 Å². The minimum Gasteiger partial charge on any atom is -0.370 e. The summed E-state index contributed by atoms with van der Waals surface area (Å²) >= 11 is 0. The second-order valence-electron chi connectivity index (χ2n) is 5.67. The SMILES string of the molecule is CCCc1[nH]ncc1C(=O)N1CCOC(c2ccc(F)cc2)C1. The molecule has 2 heterocycles. The number of hydrogen-bond donors (Lipinski definition) is 1. The van der Waals surface area contributed by atoms with Crippen molar-refractivity contribution in [2.75, 3.05) is 19.7 Å². The lowest BCUT2D eigenvalue weighted by molar-refractivity contribution is -0.0228. The second kappa shape index (κ2) is 6.91. The smallest absolute Gasteiger partial charge is 0.257 e. The van der Waals surface area contributed by atoms with Crippen LogP contribution in [0.3, 0.4) is 0 Å². The number of hydrogen-bond acceptors (Lipinski definition) is 3. The summed E-state index contributed by atoms with van der Waals surface area (Å²) < 4.78 is 18.8. The van der Waals surface area contributed by atoms with Crippen LogP contribution in [0.2, 0.25) is 0 Å². The van der Waals surface area contributed by atoms with Crippen molar-refractivity contribution in [2.24, 2.45) is 0 Å². The van der Waals surface area contributed by atoms with Crippen LogP contribution >= 0.6 is 0 Å². The zero-order valence-electron chi connectivity index (χ0n) is 13.1. The van der Waals surface area contributed by atoms with Gasteiger partial charge in [-0.05, 0) is 24.1 Å². The molecule has 1 aromatic carbocycles. The van der Waals surface area contributed by atoms with Gasteiger partial charge < -0.3 is 9.64 Å². The largest absolute Gasteiger partial charge is 0.370 e. The first kappa shape index (κ1) is 15.7. The fraction of sp³-hybridized carbons (Fsp3) is 0.412. The number of ether oxygens (including phenoxy) is 1. The van der Waals surface area contributed by atoms with Crippen LogP contribution in [-0.4, -0.2) is 40.7 Å². The Bertz CT molecular complexity index is 669. The van der Waals surface area contributed by atoms with E-state index in [9.17, 15) is 9.18 Å². The molecule has 0 saturated carbocycles. The highest BCUT2D eigenvalue weighted by molar-refractivity contribution is 5.95. The molecule has 1 fully saturated rings. The molecule has 1 amide bonds. The molecule has 1 aliphatic rings. The number of nitrogens with zero attached hydrogens (tertiary/aromatic N) is 2. The van der Waals surface area contributed by atoms with E-state index in [1.54, 1.807) is 23.2 Å². The van der Waals surface area contributed by atoms with E-state index < -0.39 is 0 Å². The summed E-state index contributed by atoms with van der Waals surface area (Å²) in [6.07, 6.45) is 3.11. The summed E-state index contributed by atoms with van der Waals surface area (Å²) in [7, 11) is 0. The van der Waals surface area contributed by atoms with Gasteiger partial charge in [-0.25, -0.2) is 4.39 Å². The quantitative estimate of drug-likeness (QED) is 0.943. The summed E-state index contributed by atoms with van der Waals surface area (Å²) in [6, 6.07) is 6.23. The summed E-state index contributed by atoms with van der Waals surface area (Å²) in [5.74, 6) is -0.308. The van der Waals surface area contributed by atoms with E-state index >= 15 is 0 Å². The fourth-order valence-corrected chi connectivity index (χ4v) is 2.82. The van der Waals surface area contributed by atoms with Crippen LogP contribution in [0.5, 0.6) is 0 Å². The normalized spacial score (nSPS) is 18.2. The van der Waals surface area contributed by atoms with Gasteiger partial charge in [-0.1, -0.05) is 25.5 Å². The number of aromatic amines is 1. The number of aromatic nitrogens is 2. The van der Waals surface area contributed by atoms with Gasteiger partial charge in [0.25, 0.3) is 5.91 Å². The summed E-state index contributed by atoms with van der Waals surface area (Å²) in [4.78, 5) is 14.5. The maximum Gasteiger partial charge on any atom is 0.257 e. The number of halogens is 1. The van der Waals surface area contributed by atoms with Gasteiger partial charge in [-0.3, -0.25) is 9.89 Å². The standard InChI is InChI=1S/C17H20FN3O2/c1-2-3-15-14(10-19-20-15)17(22)21-8-9-23-16(11-21)12-4-6-13(18)7-5-12/h4-7,10,16H,2-3,8-9,11H2,1H3,(H,19,20). The number of H-pyrrole nitrogens is 1. The molecule has 0 aliphatic carbocycles. The van der Waals surface area contributed by atoms with Gasteiger partial charge in [0.1, 0.15) is 11.9 Å². The Hall–Kier alpha value is -2.21. The monoisotopic (exact) mass is 317 g/mol. The molecule has 1 aliphatic heterocycles. The van der Waals surface area contributed by atoms with Gasteiger partial charge in [0, 0.05) is 12.2 Å². The first-order chi connectivity index (χ1) is 11.2. The molecular formula is C17H20FN3O2. The summed E-state index contributed by atoms with van der Waals surface area (Å²) in [5, 5.41) is 6.90. The summed E-state index contributed by atoms with van der Waals surface area (Å²) in [5.41, 5.74) is 2.39. The Morgan fingerprint density at radius 3 is 2.96 bits per heavy atom. The van der Waals surface area contributed by atoms with E-state index in [1.165, 1.54) is 12.1 Å². The molecule has 5 nitrogen and oxygen atoms in total. The molecule has 23 heavy (non-hydrogen) atoms. The third-order valence-electron chi connectivity index (χ3n) is 4.04. The molecule has 3 rings (SSSR count). The lowest BCUT2D eigenvalue weighted by atomic mass is 10.1. The molecule has 0 radical (unpaired) electrons. The van der Waals surface area contributed by atoms with Gasteiger partial charge >= 0.3 is 0 Å². The molecule has 1 N–H and O–H groups in total. The van der Waals surface area contributed by atoms with Crippen LogP contribution in [0.15, 0.2) is 30.5 Å². The number of aryl methyl sites for hydroxylation is 1. The molecular weight excluding hydrogens is 297 g/mol. The zero-order valence-corrected chi connectivity index (χ0v) is 13.1. The Kier molecular flexibility index (Phi) is 4.71. The Balaban J connectivity index is 1.74. The number of carbonyl (C=O) groups excluding carboxylic acids is 1. The number of benzene rings is 1. The predicted octanol–water partition coefficient (Wildman–Crippen LogP) is 2.72. The average Bonchev–Trinajstić information content (AvgIpc) is 3.03. The van der Waals surface area contributed by atoms with Gasteiger partial charge in [-0.15, -0.1) is 0 Å². The highest BCUT2D eigenvalue weighted by atomic mass is 19.1. The van der Waals surface area contributed by atoms with Crippen LogP contribution in [0, 0.1) is 5.82 Å². The molecule has 0 bridgehead atoms. The van der Waals surface area contributed by atoms with E-state index in [-0.39, 0.29) is 17.8 Å². The van der Waals surface area contributed by atoms with E-state index in [0.29, 0.717) is 25.3 Å². The zero-order chi connectivity index (χ0) is 16.2. The maximum absolute atomic E-state index is 13.0. The lowest BCUT2D eigenvalue weighted by Gasteiger charge is -2.33. The Morgan fingerprint density at radius 2 is 2.22 bits per heavy atom. The Labute approximate surface area is 134 Å². The second-order valence-corrected chi connectivity index (χ2v) is 5.67. The molecule has 1 saturated heterocycles. The first-order valence-electron chi connectivity index (χ1n) is 7.87. The highest BCUT2D eigenvalue weighted by Crippen LogP contribution is 2.24. The highest BCUT2D eigenvalue weighted by Gasteiger charge is 2.27. The van der Waals surface area contributed by atoms with Crippen molar-refractivity contribution in [1.82, 2.24) is 15.1 Å². The third kappa shape index (κ3) is 3.42. The van der Waals surface area contributed by atoms with Crippen molar-refractivity contribution >= 4 is 5.91 Å². The van der Waals surface area contributed by atoms with Crippen molar-refractivity contribution in [1.29, 1.82) is 0 Å². The van der Waals surface area contributed by atoms with Gasteiger partial charge in [0.15, 0.2) is 0 Å². The van der Waals surface area contributed by atoms with Crippen LogP contribution in [-0.2, 0) is 11.2 Å². The average molecular weight is 317 g/mol. The van der Waals surface area contributed by atoms with Gasteiger partial charge in [0.05, 0.1) is 24.9 Å². The molecule has 0 spiro atoms. The third-order valence-corrected chi connectivity index (χ3v) is 4.04. The molecule has 2 aromatic rings. The van der Waals surface area contributed by atoms with Crippen LogP contribution < -0.4 is 0 Å². The number of carbonyl (C=O) groups is 1. The van der Waals surface area contributed by atoms with Crippen molar-refractivity contribution in [3.05, 3.63) is 53.1 Å². The van der Waals surface area contributed by atoms with Crippen molar-refractivity contribution < 1.29 is 13.9 Å². The number of amides is 1. The molecule has 1 unspecified atom stereocenters. The molecule has 6 heteroatoms.